The molecular weight excluding hydrogens is 416 g/mol. The molecule has 0 aliphatic carbocycles. The normalized spacial score (nSPS) is 10.3. The summed E-state index contributed by atoms with van der Waals surface area (Å²) in [7, 11) is 5.11. The Morgan fingerprint density at radius 3 is 2.00 bits per heavy atom. The van der Waals surface area contributed by atoms with Gasteiger partial charge in [0.2, 0.25) is 5.91 Å². The quantitative estimate of drug-likeness (QED) is 0.555. The van der Waals surface area contributed by atoms with Crippen molar-refractivity contribution < 1.29 is 14.4 Å². The van der Waals surface area contributed by atoms with E-state index in [9.17, 15) is 14.4 Å². The van der Waals surface area contributed by atoms with Crippen LogP contribution in [-0.2, 0) is 11.3 Å². The van der Waals surface area contributed by atoms with Crippen molar-refractivity contribution in [2.45, 2.75) is 6.54 Å². The fourth-order valence-corrected chi connectivity index (χ4v) is 3.29. The lowest BCUT2D eigenvalue weighted by atomic mass is 10.1. The molecule has 0 heterocycles. The van der Waals surface area contributed by atoms with Crippen LogP contribution in [0.3, 0.4) is 0 Å². The van der Waals surface area contributed by atoms with Gasteiger partial charge in [0.1, 0.15) is 0 Å². The fourth-order valence-electron chi connectivity index (χ4n) is 3.29. The molecule has 3 amide bonds. The fraction of sp³-hybridized carbons (Fsp3) is 0.192. The minimum Gasteiger partial charge on any atom is -0.376 e. The number of carbonyl (C=O) groups excluding carboxylic acids is 3. The molecule has 0 fully saturated rings. The number of hydrogen-bond acceptors (Lipinski definition) is 4. The highest BCUT2D eigenvalue weighted by molar-refractivity contribution is 5.98. The van der Waals surface area contributed by atoms with Crippen LogP contribution in [0.2, 0.25) is 0 Å². The number of nitrogens with zero attached hydrogens (tertiary/aromatic N) is 2. The highest BCUT2D eigenvalue weighted by atomic mass is 16.2. The third-order valence-corrected chi connectivity index (χ3v) is 4.97. The van der Waals surface area contributed by atoms with Crippen LogP contribution in [0, 0.1) is 0 Å². The van der Waals surface area contributed by atoms with Crippen LogP contribution >= 0.6 is 0 Å². The van der Waals surface area contributed by atoms with E-state index in [1.807, 2.05) is 30.3 Å². The summed E-state index contributed by atoms with van der Waals surface area (Å²) in [5.41, 5.74) is 3.29. The predicted octanol–water partition coefficient (Wildman–Crippen LogP) is 3.71. The molecule has 0 saturated heterocycles. The lowest BCUT2D eigenvalue weighted by Crippen LogP contribution is -2.26. The standard InChI is InChI=1S/C26H28N4O3/c1-29(2)25(32)20-11-8-14-23(16-20)28-24(31)17-27-22-13-7-12-21(15-22)26(33)30(3)18-19-9-5-4-6-10-19/h4-16,27H,17-18H2,1-3H3,(H,28,31). The van der Waals surface area contributed by atoms with Gasteiger partial charge in [0.15, 0.2) is 0 Å². The maximum absolute atomic E-state index is 12.8. The second-order valence-corrected chi connectivity index (χ2v) is 7.91. The molecule has 0 spiro atoms. The van der Waals surface area contributed by atoms with E-state index in [0.29, 0.717) is 29.0 Å². The average molecular weight is 445 g/mol. The summed E-state index contributed by atoms with van der Waals surface area (Å²) < 4.78 is 0. The molecule has 3 aromatic carbocycles. The minimum absolute atomic E-state index is 0.0172. The van der Waals surface area contributed by atoms with Gasteiger partial charge in [-0.2, -0.15) is 0 Å². The Kier molecular flexibility index (Phi) is 7.81. The SMILES string of the molecule is CN(C)C(=O)c1cccc(NC(=O)CNc2cccc(C(=O)N(C)Cc3ccccc3)c2)c1. The van der Waals surface area contributed by atoms with Crippen LogP contribution in [-0.4, -0.2) is 55.2 Å². The first kappa shape index (κ1) is 23.5. The molecule has 7 nitrogen and oxygen atoms in total. The lowest BCUT2D eigenvalue weighted by Gasteiger charge is -2.18. The third kappa shape index (κ3) is 6.67. The zero-order chi connectivity index (χ0) is 23.8. The molecule has 170 valence electrons. The van der Waals surface area contributed by atoms with E-state index in [-0.39, 0.29) is 24.3 Å². The summed E-state index contributed by atoms with van der Waals surface area (Å²) >= 11 is 0. The number of carbonyl (C=O) groups is 3. The molecule has 7 heteroatoms. The number of nitrogens with one attached hydrogen (secondary N) is 2. The van der Waals surface area contributed by atoms with Gasteiger partial charge in [-0.1, -0.05) is 42.5 Å². The molecule has 3 aromatic rings. The van der Waals surface area contributed by atoms with Crippen molar-refractivity contribution in [2.75, 3.05) is 38.3 Å². The molecular formula is C26H28N4O3. The largest absolute Gasteiger partial charge is 0.376 e. The molecule has 0 bridgehead atoms. The number of rotatable bonds is 8. The first-order valence-corrected chi connectivity index (χ1v) is 10.6. The summed E-state index contributed by atoms with van der Waals surface area (Å²) in [6.07, 6.45) is 0. The van der Waals surface area contributed by atoms with Crippen molar-refractivity contribution in [3.8, 4) is 0 Å². The number of hydrogen-bond donors (Lipinski definition) is 2. The Hall–Kier alpha value is -4.13. The monoisotopic (exact) mass is 444 g/mol. The van der Waals surface area contributed by atoms with Crippen molar-refractivity contribution in [3.63, 3.8) is 0 Å². The second-order valence-electron chi connectivity index (χ2n) is 7.91. The van der Waals surface area contributed by atoms with Gasteiger partial charge in [-0.25, -0.2) is 0 Å². The molecule has 0 radical (unpaired) electrons. The van der Waals surface area contributed by atoms with Gasteiger partial charge < -0.3 is 20.4 Å². The molecule has 33 heavy (non-hydrogen) atoms. The topological polar surface area (TPSA) is 81.8 Å². The number of amides is 3. The van der Waals surface area contributed by atoms with E-state index in [0.717, 1.165) is 5.56 Å². The molecule has 0 unspecified atom stereocenters. The summed E-state index contributed by atoms with van der Waals surface area (Å²) in [6, 6.07) is 23.6. The van der Waals surface area contributed by atoms with Gasteiger partial charge in [-0.05, 0) is 42.0 Å². The Balaban J connectivity index is 1.57. The van der Waals surface area contributed by atoms with Gasteiger partial charge >= 0.3 is 0 Å². The Bertz CT molecular complexity index is 1130. The highest BCUT2D eigenvalue weighted by Crippen LogP contribution is 2.15. The zero-order valence-corrected chi connectivity index (χ0v) is 19.0. The van der Waals surface area contributed by atoms with E-state index < -0.39 is 0 Å². The van der Waals surface area contributed by atoms with Gasteiger partial charge in [-0.15, -0.1) is 0 Å². The van der Waals surface area contributed by atoms with Crippen molar-refractivity contribution in [3.05, 3.63) is 95.6 Å². The van der Waals surface area contributed by atoms with E-state index in [4.69, 9.17) is 0 Å². The average Bonchev–Trinajstić information content (AvgIpc) is 2.82. The van der Waals surface area contributed by atoms with Gasteiger partial charge in [-0.3, -0.25) is 14.4 Å². The summed E-state index contributed by atoms with van der Waals surface area (Å²) in [5, 5.41) is 5.83. The minimum atomic E-state index is -0.262. The van der Waals surface area contributed by atoms with Crippen molar-refractivity contribution >= 4 is 29.1 Å². The third-order valence-electron chi connectivity index (χ3n) is 4.97. The lowest BCUT2D eigenvalue weighted by molar-refractivity contribution is -0.114. The Morgan fingerprint density at radius 1 is 0.727 bits per heavy atom. The number of anilines is 2. The molecule has 0 aliphatic rings. The van der Waals surface area contributed by atoms with E-state index in [1.54, 1.807) is 74.6 Å². The Labute approximate surface area is 194 Å². The van der Waals surface area contributed by atoms with Gasteiger partial charge in [0.05, 0.1) is 6.54 Å². The molecule has 3 rings (SSSR count). The molecule has 0 aromatic heterocycles. The molecule has 2 N–H and O–H groups in total. The second kappa shape index (κ2) is 10.9. The van der Waals surface area contributed by atoms with Gasteiger partial charge in [0.25, 0.3) is 11.8 Å². The van der Waals surface area contributed by atoms with E-state index >= 15 is 0 Å². The van der Waals surface area contributed by atoms with Crippen LogP contribution in [0.5, 0.6) is 0 Å². The first-order chi connectivity index (χ1) is 15.8. The van der Waals surface area contributed by atoms with Crippen molar-refractivity contribution in [2.24, 2.45) is 0 Å². The highest BCUT2D eigenvalue weighted by Gasteiger charge is 2.13. The van der Waals surface area contributed by atoms with Gasteiger partial charge in [0, 0.05) is 50.2 Å². The summed E-state index contributed by atoms with van der Waals surface area (Å²) in [4.78, 5) is 40.4. The van der Waals surface area contributed by atoms with Crippen LogP contribution in [0.4, 0.5) is 11.4 Å². The van der Waals surface area contributed by atoms with Crippen LogP contribution in [0.15, 0.2) is 78.9 Å². The maximum Gasteiger partial charge on any atom is 0.253 e. The van der Waals surface area contributed by atoms with Crippen LogP contribution < -0.4 is 10.6 Å². The van der Waals surface area contributed by atoms with E-state index in [2.05, 4.69) is 10.6 Å². The smallest absolute Gasteiger partial charge is 0.253 e. The summed E-state index contributed by atoms with van der Waals surface area (Å²) in [5.74, 6) is -0.500. The Morgan fingerprint density at radius 2 is 1.33 bits per heavy atom. The molecule has 0 atom stereocenters. The van der Waals surface area contributed by atoms with E-state index in [1.165, 1.54) is 4.90 Å². The maximum atomic E-state index is 12.8. The van der Waals surface area contributed by atoms with Crippen molar-refractivity contribution in [1.82, 2.24) is 9.80 Å². The van der Waals surface area contributed by atoms with Crippen LogP contribution in [0.25, 0.3) is 0 Å². The molecule has 0 saturated carbocycles. The van der Waals surface area contributed by atoms with Crippen molar-refractivity contribution in [1.29, 1.82) is 0 Å². The van der Waals surface area contributed by atoms with Crippen LogP contribution in [0.1, 0.15) is 26.3 Å². The summed E-state index contributed by atoms with van der Waals surface area (Å²) in [6.45, 7) is 0.526. The number of benzene rings is 3. The molecule has 0 aliphatic heterocycles. The first-order valence-electron chi connectivity index (χ1n) is 10.6. The predicted molar refractivity (Wildman–Crippen MR) is 130 cm³/mol. The zero-order valence-electron chi connectivity index (χ0n) is 19.0.